The third-order valence-corrected chi connectivity index (χ3v) is 3.27. The standard InChI is InChI=1S/C18H24F3NO5/c1-5-25-14(23)11-13(18(19,20)21)15(12-9-7-6-8-10-12)27-22-16(24)26-17(2,3)4/h6-10,13,15H,5,11H2,1-4H3,(H,22,24). The van der Waals surface area contributed by atoms with Gasteiger partial charge in [-0.2, -0.15) is 18.7 Å². The Bertz CT molecular complexity index is 614. The fraction of sp³-hybridized carbons (Fsp3) is 0.556. The molecule has 0 aliphatic rings. The maximum absolute atomic E-state index is 13.6. The summed E-state index contributed by atoms with van der Waals surface area (Å²) in [7, 11) is 0. The van der Waals surface area contributed by atoms with E-state index in [1.165, 1.54) is 31.2 Å². The molecule has 1 aromatic carbocycles. The number of halogens is 3. The molecule has 0 radical (unpaired) electrons. The van der Waals surface area contributed by atoms with Crippen molar-refractivity contribution in [3.8, 4) is 0 Å². The molecule has 0 aliphatic heterocycles. The number of hydroxylamine groups is 1. The lowest BCUT2D eigenvalue weighted by molar-refractivity contribution is -0.222. The Balaban J connectivity index is 3.07. The molecule has 0 saturated carbocycles. The van der Waals surface area contributed by atoms with Crippen molar-refractivity contribution in [2.75, 3.05) is 6.61 Å². The summed E-state index contributed by atoms with van der Waals surface area (Å²) in [6.07, 6.45) is -8.43. The van der Waals surface area contributed by atoms with Crippen LogP contribution in [0.25, 0.3) is 0 Å². The van der Waals surface area contributed by atoms with E-state index in [-0.39, 0.29) is 12.2 Å². The normalized spacial score (nSPS) is 14.2. The van der Waals surface area contributed by atoms with Gasteiger partial charge in [-0.3, -0.25) is 9.63 Å². The summed E-state index contributed by atoms with van der Waals surface area (Å²) in [6, 6.07) is 7.49. The highest BCUT2D eigenvalue weighted by Gasteiger charge is 2.48. The average Bonchev–Trinajstić information content (AvgIpc) is 2.52. The van der Waals surface area contributed by atoms with Gasteiger partial charge < -0.3 is 9.47 Å². The minimum Gasteiger partial charge on any atom is -0.466 e. The number of ether oxygens (including phenoxy) is 2. The van der Waals surface area contributed by atoms with Crippen LogP contribution in [0.5, 0.6) is 0 Å². The molecule has 0 fully saturated rings. The van der Waals surface area contributed by atoms with Crippen molar-refractivity contribution in [1.82, 2.24) is 5.48 Å². The highest BCUT2D eigenvalue weighted by atomic mass is 19.4. The van der Waals surface area contributed by atoms with Gasteiger partial charge in [-0.05, 0) is 33.3 Å². The number of hydrogen-bond donors (Lipinski definition) is 1. The van der Waals surface area contributed by atoms with Crippen LogP contribution < -0.4 is 5.48 Å². The van der Waals surface area contributed by atoms with Gasteiger partial charge in [0.25, 0.3) is 0 Å². The summed E-state index contributed by atoms with van der Waals surface area (Å²) < 4.78 is 50.5. The lowest BCUT2D eigenvalue weighted by Gasteiger charge is -2.29. The van der Waals surface area contributed by atoms with Crippen molar-refractivity contribution in [3.63, 3.8) is 0 Å². The van der Waals surface area contributed by atoms with E-state index in [0.717, 1.165) is 0 Å². The topological polar surface area (TPSA) is 73.9 Å². The Hall–Kier alpha value is -2.29. The van der Waals surface area contributed by atoms with Crippen LogP contribution in [0.3, 0.4) is 0 Å². The fourth-order valence-electron chi connectivity index (χ4n) is 2.23. The third kappa shape index (κ3) is 8.29. The molecule has 1 aromatic rings. The molecule has 1 amide bonds. The Kier molecular flexibility index (Phi) is 8.08. The first-order chi connectivity index (χ1) is 12.4. The van der Waals surface area contributed by atoms with Gasteiger partial charge in [0, 0.05) is 0 Å². The molecule has 6 nitrogen and oxygen atoms in total. The monoisotopic (exact) mass is 391 g/mol. The first-order valence-electron chi connectivity index (χ1n) is 8.36. The lowest BCUT2D eigenvalue weighted by atomic mass is 9.92. The summed E-state index contributed by atoms with van der Waals surface area (Å²) in [4.78, 5) is 28.5. The number of alkyl halides is 3. The predicted octanol–water partition coefficient (Wildman–Crippen LogP) is 4.32. The van der Waals surface area contributed by atoms with E-state index in [1.807, 2.05) is 5.48 Å². The fourth-order valence-corrected chi connectivity index (χ4v) is 2.23. The third-order valence-electron chi connectivity index (χ3n) is 3.27. The molecule has 0 heterocycles. The maximum Gasteiger partial charge on any atom is 0.431 e. The average molecular weight is 391 g/mol. The molecular weight excluding hydrogens is 367 g/mol. The van der Waals surface area contributed by atoms with Crippen molar-refractivity contribution >= 4 is 12.1 Å². The molecule has 2 atom stereocenters. The van der Waals surface area contributed by atoms with Crippen LogP contribution in [-0.4, -0.2) is 30.4 Å². The quantitative estimate of drug-likeness (QED) is 0.554. The number of carbonyl (C=O) groups is 2. The highest BCUT2D eigenvalue weighted by Crippen LogP contribution is 2.40. The van der Waals surface area contributed by atoms with E-state index in [1.54, 1.807) is 26.8 Å². The van der Waals surface area contributed by atoms with E-state index in [2.05, 4.69) is 4.74 Å². The van der Waals surface area contributed by atoms with E-state index in [4.69, 9.17) is 9.57 Å². The van der Waals surface area contributed by atoms with Gasteiger partial charge >= 0.3 is 18.2 Å². The molecule has 0 saturated heterocycles. The Labute approximate surface area is 155 Å². The van der Waals surface area contributed by atoms with Gasteiger partial charge in [-0.25, -0.2) is 4.79 Å². The Morgan fingerprint density at radius 3 is 2.19 bits per heavy atom. The minimum atomic E-state index is -4.77. The smallest absolute Gasteiger partial charge is 0.431 e. The number of rotatable bonds is 7. The van der Waals surface area contributed by atoms with Gasteiger partial charge in [0.2, 0.25) is 0 Å². The lowest BCUT2D eigenvalue weighted by Crippen LogP contribution is -2.39. The van der Waals surface area contributed by atoms with Gasteiger partial charge in [-0.15, -0.1) is 0 Å². The maximum atomic E-state index is 13.6. The number of benzene rings is 1. The van der Waals surface area contributed by atoms with Gasteiger partial charge in [0.05, 0.1) is 18.9 Å². The highest BCUT2D eigenvalue weighted by molar-refractivity contribution is 5.70. The van der Waals surface area contributed by atoms with Crippen LogP contribution in [-0.2, 0) is 19.1 Å². The largest absolute Gasteiger partial charge is 0.466 e. The second kappa shape index (κ2) is 9.59. The summed E-state index contributed by atoms with van der Waals surface area (Å²) in [5.41, 5.74) is 1.16. The molecule has 27 heavy (non-hydrogen) atoms. The van der Waals surface area contributed by atoms with Crippen LogP contribution in [0.15, 0.2) is 30.3 Å². The molecule has 0 aliphatic carbocycles. The number of nitrogens with one attached hydrogen (secondary N) is 1. The molecule has 1 rings (SSSR count). The molecule has 152 valence electrons. The van der Waals surface area contributed by atoms with Crippen LogP contribution in [0.4, 0.5) is 18.0 Å². The van der Waals surface area contributed by atoms with Crippen molar-refractivity contribution in [2.45, 2.75) is 52.0 Å². The molecule has 2 unspecified atom stereocenters. The zero-order valence-corrected chi connectivity index (χ0v) is 15.6. The second-order valence-corrected chi connectivity index (χ2v) is 6.71. The van der Waals surface area contributed by atoms with Crippen LogP contribution >= 0.6 is 0 Å². The zero-order valence-electron chi connectivity index (χ0n) is 15.6. The summed E-state index contributed by atoms with van der Waals surface area (Å²) in [5.74, 6) is -3.24. The SMILES string of the molecule is CCOC(=O)CC(C(ONC(=O)OC(C)(C)C)c1ccccc1)C(F)(F)F. The number of amides is 1. The molecular formula is C18H24F3NO5. The van der Waals surface area contributed by atoms with E-state index in [0.29, 0.717) is 0 Å². The Morgan fingerprint density at radius 2 is 1.70 bits per heavy atom. The van der Waals surface area contributed by atoms with Crippen LogP contribution in [0.2, 0.25) is 0 Å². The van der Waals surface area contributed by atoms with Gasteiger partial charge in [0.15, 0.2) is 0 Å². The second-order valence-electron chi connectivity index (χ2n) is 6.71. The van der Waals surface area contributed by atoms with E-state index >= 15 is 0 Å². The van der Waals surface area contributed by atoms with Crippen molar-refractivity contribution in [3.05, 3.63) is 35.9 Å². The van der Waals surface area contributed by atoms with Crippen molar-refractivity contribution < 1.29 is 37.1 Å². The summed E-state index contributed by atoms with van der Waals surface area (Å²) in [6.45, 7) is 6.24. The molecule has 0 bridgehead atoms. The Morgan fingerprint density at radius 1 is 1.11 bits per heavy atom. The number of carbonyl (C=O) groups excluding carboxylic acids is 2. The number of esters is 1. The minimum absolute atomic E-state index is 0.0452. The van der Waals surface area contributed by atoms with E-state index < -0.39 is 42.3 Å². The molecule has 1 N–H and O–H groups in total. The van der Waals surface area contributed by atoms with E-state index in [9.17, 15) is 22.8 Å². The van der Waals surface area contributed by atoms with Crippen LogP contribution in [0.1, 0.15) is 45.8 Å². The first-order valence-corrected chi connectivity index (χ1v) is 8.36. The zero-order chi connectivity index (χ0) is 20.7. The first kappa shape index (κ1) is 22.8. The number of hydrogen-bond acceptors (Lipinski definition) is 5. The summed E-state index contributed by atoms with van der Waals surface area (Å²) >= 11 is 0. The molecule has 0 spiro atoms. The predicted molar refractivity (Wildman–Crippen MR) is 90.4 cm³/mol. The summed E-state index contributed by atoms with van der Waals surface area (Å²) in [5, 5.41) is 0. The van der Waals surface area contributed by atoms with Gasteiger partial charge in [0.1, 0.15) is 11.7 Å². The van der Waals surface area contributed by atoms with Crippen LogP contribution in [0, 0.1) is 5.92 Å². The molecule has 0 aromatic heterocycles. The van der Waals surface area contributed by atoms with Crippen molar-refractivity contribution in [1.29, 1.82) is 0 Å². The van der Waals surface area contributed by atoms with Crippen molar-refractivity contribution in [2.24, 2.45) is 5.92 Å². The van der Waals surface area contributed by atoms with Gasteiger partial charge in [-0.1, -0.05) is 30.3 Å². The molecule has 9 heteroatoms.